The van der Waals surface area contributed by atoms with Crippen molar-refractivity contribution in [2.75, 3.05) is 26.2 Å². The van der Waals surface area contributed by atoms with Crippen LogP contribution in [0.5, 0.6) is 0 Å². The number of alkyl halides is 3. The molecule has 212 valence electrons. The molecule has 11 heteroatoms. The summed E-state index contributed by atoms with van der Waals surface area (Å²) in [5.41, 5.74) is -0.0211. The van der Waals surface area contributed by atoms with Gasteiger partial charge in [-0.1, -0.05) is 13.0 Å². The number of carbonyl (C=O) groups excluding carboxylic acids is 2. The van der Waals surface area contributed by atoms with E-state index in [1.807, 2.05) is 13.0 Å². The molecule has 0 radical (unpaired) electrons. The second-order valence-corrected chi connectivity index (χ2v) is 10.3. The Kier molecular flexibility index (Phi) is 9.45. The molecule has 1 aromatic carbocycles. The molecule has 2 aromatic rings. The quantitative estimate of drug-likeness (QED) is 0.370. The third-order valence-corrected chi connectivity index (χ3v) is 7.52. The summed E-state index contributed by atoms with van der Waals surface area (Å²) in [5.74, 6) is -0.819. The minimum atomic E-state index is -4.56. The first-order valence-electron chi connectivity index (χ1n) is 13.4. The van der Waals surface area contributed by atoms with Crippen molar-refractivity contribution in [3.63, 3.8) is 0 Å². The lowest BCUT2D eigenvalue weighted by Crippen LogP contribution is -2.48. The maximum Gasteiger partial charge on any atom is 0.416 e. The first-order chi connectivity index (χ1) is 18.6. The monoisotopic (exact) mass is 548 g/mol. The third-order valence-electron chi connectivity index (χ3n) is 7.52. The van der Waals surface area contributed by atoms with Crippen LogP contribution < -0.4 is 15.4 Å². The lowest BCUT2D eigenvalue weighted by molar-refractivity contribution is -0.606. The summed E-state index contributed by atoms with van der Waals surface area (Å²) in [6.45, 7) is 3.52. The number of aromatic nitrogens is 1. The molecule has 2 heterocycles. The second kappa shape index (κ2) is 12.8. The Labute approximate surface area is 226 Å². The van der Waals surface area contributed by atoms with Crippen molar-refractivity contribution in [1.29, 1.82) is 0 Å². The molecule has 0 bridgehead atoms. The van der Waals surface area contributed by atoms with E-state index in [1.54, 1.807) is 12.3 Å². The number of rotatable bonds is 9. The summed E-state index contributed by atoms with van der Waals surface area (Å²) in [4.78, 5) is 27.4. The Morgan fingerprint density at radius 3 is 2.59 bits per heavy atom. The molecule has 8 nitrogen and oxygen atoms in total. The van der Waals surface area contributed by atoms with Gasteiger partial charge in [0.15, 0.2) is 12.4 Å². The second-order valence-electron chi connectivity index (χ2n) is 10.3. The van der Waals surface area contributed by atoms with Gasteiger partial charge in [0.05, 0.1) is 24.3 Å². The van der Waals surface area contributed by atoms with Crippen LogP contribution in [0.1, 0.15) is 66.4 Å². The number of nitrogens with one attached hydrogen (secondary N) is 2. The molecule has 1 saturated heterocycles. The van der Waals surface area contributed by atoms with Crippen LogP contribution in [0.15, 0.2) is 48.8 Å². The Bertz CT molecular complexity index is 1140. The van der Waals surface area contributed by atoms with Gasteiger partial charge in [-0.05, 0) is 62.3 Å². The Morgan fingerprint density at radius 1 is 1.13 bits per heavy atom. The molecular weight excluding hydrogens is 513 g/mol. The zero-order valence-corrected chi connectivity index (χ0v) is 22.0. The summed E-state index contributed by atoms with van der Waals surface area (Å²) in [7, 11) is 0. The summed E-state index contributed by atoms with van der Waals surface area (Å²) in [6.07, 6.45) is 3.13. The first-order valence-corrected chi connectivity index (χ1v) is 13.4. The largest absolute Gasteiger partial charge is 0.619 e. The van der Waals surface area contributed by atoms with Crippen LogP contribution >= 0.6 is 0 Å². The van der Waals surface area contributed by atoms with E-state index in [-0.39, 0.29) is 24.3 Å². The fourth-order valence-electron chi connectivity index (χ4n) is 5.52. The van der Waals surface area contributed by atoms with E-state index in [0.29, 0.717) is 31.7 Å². The van der Waals surface area contributed by atoms with Gasteiger partial charge < -0.3 is 20.6 Å². The van der Waals surface area contributed by atoms with Gasteiger partial charge in [0.25, 0.3) is 5.91 Å². The number of hydrogen-bond acceptors (Lipinski definition) is 5. The van der Waals surface area contributed by atoms with E-state index < -0.39 is 23.6 Å². The number of halogens is 3. The van der Waals surface area contributed by atoms with Crippen LogP contribution in [0.2, 0.25) is 0 Å². The molecule has 39 heavy (non-hydrogen) atoms. The average molecular weight is 549 g/mol. The molecule has 2 fully saturated rings. The molecule has 0 spiro atoms. The number of hydrogen-bond donors (Lipinski definition) is 2. The molecule has 1 aliphatic carbocycles. The predicted octanol–water partition coefficient (Wildman–Crippen LogP) is 3.39. The van der Waals surface area contributed by atoms with E-state index >= 15 is 0 Å². The summed E-state index contributed by atoms with van der Waals surface area (Å²) < 4.78 is 45.7. The van der Waals surface area contributed by atoms with Crippen LogP contribution in [0.25, 0.3) is 0 Å². The normalized spacial score (nSPS) is 23.9. The van der Waals surface area contributed by atoms with Crippen LogP contribution in [0, 0.1) is 5.21 Å². The van der Waals surface area contributed by atoms with Gasteiger partial charge in [-0.25, -0.2) is 0 Å². The standard InChI is InChI=1S/C28H35F3N4O4/c1-2-13-39-25-18-34(23-10-8-19(9-11-23)21-6-4-12-35(38)16-21)17-24(25)33-26(36)15-32-27(37)20-5-3-7-22(14-20)28(29,30)31/h3-7,12,14,16,19,23-25H,2,8-11,13,15,17-18H2,1H3,(H,32,37)(H,33,36)/t19?,23?,24-,25-/m0/s1. The van der Waals surface area contributed by atoms with Crippen molar-refractivity contribution in [2.45, 2.75) is 69.3 Å². The Balaban J connectivity index is 1.29. The van der Waals surface area contributed by atoms with Gasteiger partial charge in [-0.15, -0.1) is 0 Å². The van der Waals surface area contributed by atoms with E-state index in [0.717, 1.165) is 60.6 Å². The predicted molar refractivity (Wildman–Crippen MR) is 138 cm³/mol. The van der Waals surface area contributed by atoms with E-state index in [9.17, 15) is 28.0 Å². The zero-order valence-electron chi connectivity index (χ0n) is 22.0. The van der Waals surface area contributed by atoms with Crippen LogP contribution in [0.4, 0.5) is 13.2 Å². The fraction of sp³-hybridized carbons (Fsp3) is 0.536. The summed E-state index contributed by atoms with van der Waals surface area (Å²) in [6, 6.07) is 7.95. The highest BCUT2D eigenvalue weighted by Gasteiger charge is 2.39. The third kappa shape index (κ3) is 7.69. The summed E-state index contributed by atoms with van der Waals surface area (Å²) in [5, 5.41) is 17.0. The maximum absolute atomic E-state index is 13.0. The van der Waals surface area contributed by atoms with Crippen molar-refractivity contribution in [1.82, 2.24) is 15.5 Å². The SMILES string of the molecule is CCCO[C@H]1CN(C2CCC(c3ccc[n+]([O-])c3)CC2)C[C@@H]1NC(=O)CNC(=O)c1cccc(C(F)(F)F)c1. The molecule has 1 aromatic heterocycles. The smallest absolute Gasteiger partial charge is 0.416 e. The van der Waals surface area contributed by atoms with Crippen molar-refractivity contribution in [3.8, 4) is 0 Å². The van der Waals surface area contributed by atoms with Crippen molar-refractivity contribution in [2.24, 2.45) is 0 Å². The van der Waals surface area contributed by atoms with Crippen LogP contribution in [-0.2, 0) is 15.7 Å². The Morgan fingerprint density at radius 2 is 1.90 bits per heavy atom. The molecule has 0 unspecified atom stereocenters. The number of pyridine rings is 1. The van der Waals surface area contributed by atoms with Gasteiger partial charge >= 0.3 is 6.18 Å². The van der Waals surface area contributed by atoms with Crippen LogP contribution in [-0.4, -0.2) is 61.1 Å². The van der Waals surface area contributed by atoms with Gasteiger partial charge in [0, 0.05) is 42.9 Å². The Hall–Kier alpha value is -3.18. The zero-order chi connectivity index (χ0) is 28.0. The van der Waals surface area contributed by atoms with Crippen molar-refractivity contribution in [3.05, 3.63) is 70.7 Å². The molecule has 1 saturated carbocycles. The van der Waals surface area contributed by atoms with Crippen molar-refractivity contribution >= 4 is 11.8 Å². The number of carbonyl (C=O) groups is 2. The highest BCUT2D eigenvalue weighted by Crippen LogP contribution is 2.35. The molecule has 2 amide bonds. The topological polar surface area (TPSA) is 97.6 Å². The molecule has 2 atom stereocenters. The minimum Gasteiger partial charge on any atom is -0.619 e. The fourth-order valence-corrected chi connectivity index (χ4v) is 5.52. The summed E-state index contributed by atoms with van der Waals surface area (Å²) >= 11 is 0. The minimum absolute atomic E-state index is 0.162. The number of benzene rings is 1. The van der Waals surface area contributed by atoms with Crippen molar-refractivity contribution < 1.29 is 32.2 Å². The molecule has 4 rings (SSSR count). The highest BCUT2D eigenvalue weighted by molar-refractivity contribution is 5.96. The lowest BCUT2D eigenvalue weighted by atomic mass is 9.82. The first kappa shape index (κ1) is 28.8. The number of likely N-dealkylation sites (tertiary alicyclic amines) is 1. The average Bonchev–Trinajstić information content (AvgIpc) is 3.32. The number of amides is 2. The van der Waals surface area contributed by atoms with E-state index in [4.69, 9.17) is 4.74 Å². The highest BCUT2D eigenvalue weighted by atomic mass is 19.4. The number of nitrogens with zero attached hydrogens (tertiary/aromatic N) is 2. The van der Waals surface area contributed by atoms with Gasteiger partial charge in [0.1, 0.15) is 0 Å². The maximum atomic E-state index is 13.0. The van der Waals surface area contributed by atoms with E-state index in [2.05, 4.69) is 15.5 Å². The van der Waals surface area contributed by atoms with Crippen LogP contribution in [0.3, 0.4) is 0 Å². The van der Waals surface area contributed by atoms with Gasteiger partial charge in [-0.3, -0.25) is 14.5 Å². The van der Waals surface area contributed by atoms with Gasteiger partial charge in [-0.2, -0.15) is 17.9 Å². The lowest BCUT2D eigenvalue weighted by Gasteiger charge is -2.34. The number of ether oxygens (including phenoxy) is 1. The molecule has 2 N–H and O–H groups in total. The molecule has 2 aliphatic rings. The van der Waals surface area contributed by atoms with E-state index in [1.165, 1.54) is 12.3 Å². The van der Waals surface area contributed by atoms with Gasteiger partial charge in [0.2, 0.25) is 5.91 Å². The molecular formula is C28H35F3N4O4. The molecule has 1 aliphatic heterocycles.